The van der Waals surface area contributed by atoms with Crippen LogP contribution in [0.1, 0.15) is 24.7 Å². The molecule has 1 fully saturated rings. The van der Waals surface area contributed by atoms with E-state index in [1.54, 1.807) is 0 Å². The standard InChI is InChI=1S/C8H10FN3O2/c9-4-7(13)11-6(12-8(4)14)5(10)3-1-2-3/h3,5H,1-2,10H2,(H2,11,12,13,14). The summed E-state index contributed by atoms with van der Waals surface area (Å²) in [5.41, 5.74) is 4.74. The first-order chi connectivity index (χ1) is 6.59. The van der Waals surface area contributed by atoms with Gasteiger partial charge in [0, 0.05) is 0 Å². The monoisotopic (exact) mass is 199 g/mol. The predicted molar refractivity (Wildman–Crippen MR) is 46.1 cm³/mol. The zero-order valence-electron chi connectivity index (χ0n) is 7.33. The fourth-order valence-corrected chi connectivity index (χ4v) is 1.30. The molecule has 1 atom stereocenters. The molecule has 1 aliphatic rings. The SMILES string of the molecule is NC(c1nc(O)c(F)c(=O)[nH]1)C1CC1. The van der Waals surface area contributed by atoms with Crippen LogP contribution >= 0.6 is 0 Å². The van der Waals surface area contributed by atoms with E-state index in [0.29, 0.717) is 0 Å². The van der Waals surface area contributed by atoms with Crippen LogP contribution in [-0.2, 0) is 0 Å². The fraction of sp³-hybridized carbons (Fsp3) is 0.500. The molecule has 2 rings (SSSR count). The summed E-state index contributed by atoms with van der Waals surface area (Å²) in [4.78, 5) is 16.6. The average Bonchev–Trinajstić information content (AvgIpc) is 2.95. The Morgan fingerprint density at radius 1 is 1.64 bits per heavy atom. The minimum Gasteiger partial charge on any atom is -0.491 e. The Bertz CT molecular complexity index is 414. The molecule has 1 aromatic heterocycles. The van der Waals surface area contributed by atoms with Gasteiger partial charge in [0.2, 0.25) is 5.82 Å². The summed E-state index contributed by atoms with van der Waals surface area (Å²) in [5, 5.41) is 8.97. The number of hydrogen-bond donors (Lipinski definition) is 3. The normalized spacial score (nSPS) is 18.1. The van der Waals surface area contributed by atoms with Gasteiger partial charge >= 0.3 is 0 Å². The van der Waals surface area contributed by atoms with E-state index in [2.05, 4.69) is 9.97 Å². The number of aromatic hydroxyl groups is 1. The zero-order valence-corrected chi connectivity index (χ0v) is 7.33. The van der Waals surface area contributed by atoms with Gasteiger partial charge in [-0.3, -0.25) is 4.79 Å². The van der Waals surface area contributed by atoms with Gasteiger partial charge < -0.3 is 15.8 Å². The van der Waals surface area contributed by atoms with Gasteiger partial charge in [-0.25, -0.2) is 0 Å². The molecule has 0 radical (unpaired) electrons. The minimum absolute atomic E-state index is 0.149. The van der Waals surface area contributed by atoms with Crippen molar-refractivity contribution in [2.24, 2.45) is 11.7 Å². The second kappa shape index (κ2) is 3.06. The van der Waals surface area contributed by atoms with Gasteiger partial charge in [0.05, 0.1) is 6.04 Å². The predicted octanol–water partition coefficient (Wildman–Crippen LogP) is 0.0244. The Hall–Kier alpha value is -1.43. The molecule has 76 valence electrons. The summed E-state index contributed by atoms with van der Waals surface area (Å²) in [6.07, 6.45) is 1.95. The number of H-pyrrole nitrogens is 1. The van der Waals surface area contributed by atoms with Gasteiger partial charge in [-0.15, -0.1) is 0 Å². The Balaban J connectivity index is 2.39. The lowest BCUT2D eigenvalue weighted by Gasteiger charge is -2.08. The molecular formula is C8H10FN3O2. The van der Waals surface area contributed by atoms with Crippen LogP contribution in [0.25, 0.3) is 0 Å². The number of halogens is 1. The summed E-state index contributed by atoms with van der Waals surface area (Å²) in [5.74, 6) is -1.73. The maximum absolute atomic E-state index is 12.7. The largest absolute Gasteiger partial charge is 0.491 e. The highest BCUT2D eigenvalue weighted by molar-refractivity contribution is 5.12. The van der Waals surface area contributed by atoms with E-state index in [9.17, 15) is 9.18 Å². The minimum atomic E-state index is -1.27. The Morgan fingerprint density at radius 2 is 2.29 bits per heavy atom. The average molecular weight is 199 g/mol. The molecule has 1 heterocycles. The molecule has 5 nitrogen and oxygen atoms in total. The molecule has 0 aromatic carbocycles. The van der Waals surface area contributed by atoms with Crippen LogP contribution in [0.2, 0.25) is 0 Å². The number of nitrogens with two attached hydrogens (primary N) is 1. The van der Waals surface area contributed by atoms with Crippen molar-refractivity contribution in [2.45, 2.75) is 18.9 Å². The first-order valence-corrected chi connectivity index (χ1v) is 4.34. The second-order valence-electron chi connectivity index (χ2n) is 3.45. The van der Waals surface area contributed by atoms with Gasteiger partial charge in [0.1, 0.15) is 5.82 Å². The molecular weight excluding hydrogens is 189 g/mol. The third kappa shape index (κ3) is 1.48. The van der Waals surface area contributed by atoms with Gasteiger partial charge in [0.15, 0.2) is 0 Å². The van der Waals surface area contributed by atoms with Crippen LogP contribution in [0.4, 0.5) is 4.39 Å². The molecule has 0 spiro atoms. The maximum Gasteiger partial charge on any atom is 0.291 e. The van der Waals surface area contributed by atoms with Crippen molar-refractivity contribution in [2.75, 3.05) is 0 Å². The lowest BCUT2D eigenvalue weighted by Crippen LogP contribution is -2.22. The summed E-state index contributed by atoms with van der Waals surface area (Å²) in [6.45, 7) is 0. The van der Waals surface area contributed by atoms with E-state index in [1.165, 1.54) is 0 Å². The van der Waals surface area contributed by atoms with E-state index >= 15 is 0 Å². The van der Waals surface area contributed by atoms with Crippen LogP contribution in [-0.4, -0.2) is 15.1 Å². The van der Waals surface area contributed by atoms with E-state index < -0.39 is 23.3 Å². The first-order valence-electron chi connectivity index (χ1n) is 4.34. The highest BCUT2D eigenvalue weighted by Gasteiger charge is 2.31. The molecule has 1 unspecified atom stereocenters. The number of hydrogen-bond acceptors (Lipinski definition) is 4. The van der Waals surface area contributed by atoms with Gasteiger partial charge in [0.25, 0.3) is 11.4 Å². The summed E-state index contributed by atoms with van der Waals surface area (Å²) in [6, 6.07) is -0.422. The van der Waals surface area contributed by atoms with Crippen molar-refractivity contribution in [1.82, 2.24) is 9.97 Å². The van der Waals surface area contributed by atoms with Crippen LogP contribution in [0.5, 0.6) is 5.88 Å². The second-order valence-corrected chi connectivity index (χ2v) is 3.45. The van der Waals surface area contributed by atoms with Crippen molar-refractivity contribution in [3.05, 3.63) is 22.0 Å². The lowest BCUT2D eigenvalue weighted by atomic mass is 10.2. The molecule has 6 heteroatoms. The molecule has 1 aromatic rings. The molecule has 14 heavy (non-hydrogen) atoms. The van der Waals surface area contributed by atoms with E-state index in [1.807, 2.05) is 0 Å². The number of aromatic amines is 1. The molecule has 0 aliphatic heterocycles. The highest BCUT2D eigenvalue weighted by atomic mass is 19.1. The number of nitrogens with one attached hydrogen (secondary N) is 1. The van der Waals surface area contributed by atoms with Crippen LogP contribution in [0.15, 0.2) is 4.79 Å². The van der Waals surface area contributed by atoms with Crippen LogP contribution < -0.4 is 11.3 Å². The third-order valence-electron chi connectivity index (χ3n) is 2.31. The number of nitrogens with zero attached hydrogens (tertiary/aromatic N) is 1. The summed E-state index contributed by atoms with van der Waals surface area (Å²) in [7, 11) is 0. The van der Waals surface area contributed by atoms with Crippen molar-refractivity contribution in [1.29, 1.82) is 0 Å². The fourth-order valence-electron chi connectivity index (χ4n) is 1.30. The Labute approximate surface area is 78.8 Å². The molecule has 0 bridgehead atoms. The Kier molecular flexibility index (Phi) is 1.99. The van der Waals surface area contributed by atoms with Crippen molar-refractivity contribution in [3.63, 3.8) is 0 Å². The first kappa shape index (κ1) is 9.14. The van der Waals surface area contributed by atoms with Crippen LogP contribution in [0.3, 0.4) is 0 Å². The molecule has 1 aliphatic carbocycles. The van der Waals surface area contributed by atoms with Gasteiger partial charge in [-0.05, 0) is 18.8 Å². The molecule has 1 saturated carbocycles. The molecule has 0 amide bonds. The quantitative estimate of drug-likeness (QED) is 0.626. The third-order valence-corrected chi connectivity index (χ3v) is 2.31. The lowest BCUT2D eigenvalue weighted by molar-refractivity contribution is 0.396. The summed E-state index contributed by atoms with van der Waals surface area (Å²) >= 11 is 0. The van der Waals surface area contributed by atoms with E-state index in [4.69, 9.17) is 10.8 Å². The smallest absolute Gasteiger partial charge is 0.291 e. The topological polar surface area (TPSA) is 92.0 Å². The Morgan fingerprint density at radius 3 is 2.79 bits per heavy atom. The maximum atomic E-state index is 12.7. The number of rotatable bonds is 2. The molecule has 0 saturated heterocycles. The van der Waals surface area contributed by atoms with Gasteiger partial charge in [-0.2, -0.15) is 9.37 Å². The van der Waals surface area contributed by atoms with Crippen molar-refractivity contribution >= 4 is 0 Å². The van der Waals surface area contributed by atoms with Crippen LogP contribution in [0, 0.1) is 11.7 Å². The van der Waals surface area contributed by atoms with Crippen molar-refractivity contribution < 1.29 is 9.50 Å². The summed E-state index contributed by atoms with van der Waals surface area (Å²) < 4.78 is 12.7. The number of aromatic nitrogens is 2. The zero-order chi connectivity index (χ0) is 10.3. The van der Waals surface area contributed by atoms with E-state index in [0.717, 1.165) is 12.8 Å². The highest BCUT2D eigenvalue weighted by Crippen LogP contribution is 2.38. The molecule has 4 N–H and O–H groups in total. The van der Waals surface area contributed by atoms with Gasteiger partial charge in [-0.1, -0.05) is 0 Å². The van der Waals surface area contributed by atoms with Crippen molar-refractivity contribution in [3.8, 4) is 5.88 Å². The van der Waals surface area contributed by atoms with E-state index in [-0.39, 0.29) is 11.7 Å².